The molecule has 1 rings (SSSR count). The van der Waals surface area contributed by atoms with Gasteiger partial charge in [-0.1, -0.05) is 6.07 Å². The number of ether oxygens (including phenoxy) is 1. The van der Waals surface area contributed by atoms with Gasteiger partial charge in [-0.15, -0.1) is 0 Å². The van der Waals surface area contributed by atoms with Crippen LogP contribution in [0.15, 0.2) is 18.2 Å². The predicted molar refractivity (Wildman–Crippen MR) is 72.6 cm³/mol. The summed E-state index contributed by atoms with van der Waals surface area (Å²) in [6, 6.07) is 3.35. The van der Waals surface area contributed by atoms with Crippen molar-refractivity contribution < 1.29 is 31.5 Å². The standard InChI is InChI=1S/C13H18F3O4P/c1-4-19-21(17,20-5-2)9-10-6-7-11(13(14,15)16)12(8-10)18-3/h6-8H,4-5,9H2,1-3H3. The Hall–Kier alpha value is -1.04. The first-order chi connectivity index (χ1) is 9.75. The van der Waals surface area contributed by atoms with Crippen LogP contribution in [0.3, 0.4) is 0 Å². The van der Waals surface area contributed by atoms with Crippen LogP contribution in [0.4, 0.5) is 13.2 Å². The minimum atomic E-state index is -4.51. The highest BCUT2D eigenvalue weighted by molar-refractivity contribution is 7.53. The lowest BCUT2D eigenvalue weighted by Crippen LogP contribution is -2.08. The SMILES string of the molecule is CCOP(=O)(Cc1ccc(C(F)(F)F)c(OC)c1)OCC. The van der Waals surface area contributed by atoms with Crippen molar-refractivity contribution in [3.05, 3.63) is 29.3 Å². The summed E-state index contributed by atoms with van der Waals surface area (Å²) in [5, 5.41) is 0. The summed E-state index contributed by atoms with van der Waals surface area (Å²) in [5.41, 5.74) is -0.485. The predicted octanol–water partition coefficient (Wildman–Crippen LogP) is 4.48. The highest BCUT2D eigenvalue weighted by Gasteiger charge is 2.34. The quantitative estimate of drug-likeness (QED) is 0.693. The van der Waals surface area contributed by atoms with Crippen LogP contribution in [0.1, 0.15) is 25.0 Å². The Balaban J connectivity index is 3.07. The van der Waals surface area contributed by atoms with Gasteiger partial charge in [-0.2, -0.15) is 13.2 Å². The van der Waals surface area contributed by atoms with Crippen LogP contribution in [0.2, 0.25) is 0 Å². The lowest BCUT2D eigenvalue weighted by Gasteiger charge is -2.18. The van der Waals surface area contributed by atoms with Crippen molar-refractivity contribution in [3.63, 3.8) is 0 Å². The second kappa shape index (κ2) is 7.29. The Bertz CT molecular complexity index is 507. The molecule has 0 unspecified atom stereocenters. The summed E-state index contributed by atoms with van der Waals surface area (Å²) < 4.78 is 65.6. The van der Waals surface area contributed by atoms with Crippen LogP contribution in [0.25, 0.3) is 0 Å². The average Bonchev–Trinajstić information content (AvgIpc) is 2.37. The largest absolute Gasteiger partial charge is 0.496 e. The smallest absolute Gasteiger partial charge is 0.419 e. The summed E-state index contributed by atoms with van der Waals surface area (Å²) in [5.74, 6) is -0.320. The first-order valence-electron chi connectivity index (χ1n) is 6.38. The molecule has 0 heterocycles. The molecule has 120 valence electrons. The van der Waals surface area contributed by atoms with Gasteiger partial charge in [0.25, 0.3) is 0 Å². The van der Waals surface area contributed by atoms with Crippen LogP contribution >= 0.6 is 7.60 Å². The van der Waals surface area contributed by atoms with Gasteiger partial charge in [0.05, 0.1) is 32.0 Å². The lowest BCUT2D eigenvalue weighted by atomic mass is 10.1. The molecular weight excluding hydrogens is 308 g/mol. The number of hydrogen-bond donors (Lipinski definition) is 0. The van der Waals surface area contributed by atoms with Crippen molar-refractivity contribution in [2.45, 2.75) is 26.2 Å². The van der Waals surface area contributed by atoms with E-state index in [1.807, 2.05) is 0 Å². The zero-order valence-electron chi connectivity index (χ0n) is 12.1. The summed E-state index contributed by atoms with van der Waals surface area (Å²) >= 11 is 0. The van der Waals surface area contributed by atoms with Gasteiger partial charge in [-0.05, 0) is 31.5 Å². The van der Waals surface area contributed by atoms with E-state index in [0.29, 0.717) is 5.56 Å². The molecular formula is C13H18F3O4P. The molecule has 0 aliphatic carbocycles. The van der Waals surface area contributed by atoms with Crippen molar-refractivity contribution in [2.75, 3.05) is 20.3 Å². The van der Waals surface area contributed by atoms with E-state index < -0.39 is 19.3 Å². The van der Waals surface area contributed by atoms with Crippen LogP contribution in [-0.4, -0.2) is 20.3 Å². The van der Waals surface area contributed by atoms with Gasteiger partial charge in [0.2, 0.25) is 0 Å². The Labute approximate surface area is 121 Å². The van der Waals surface area contributed by atoms with E-state index in [2.05, 4.69) is 0 Å². The molecule has 0 aliphatic rings. The van der Waals surface area contributed by atoms with E-state index in [4.69, 9.17) is 13.8 Å². The molecule has 21 heavy (non-hydrogen) atoms. The topological polar surface area (TPSA) is 44.8 Å². The summed E-state index contributed by atoms with van der Waals surface area (Å²) in [6.07, 6.45) is -4.61. The molecule has 0 bridgehead atoms. The van der Waals surface area contributed by atoms with Crippen LogP contribution in [-0.2, 0) is 26.0 Å². The van der Waals surface area contributed by atoms with Crippen molar-refractivity contribution in [3.8, 4) is 5.75 Å². The fourth-order valence-electron chi connectivity index (χ4n) is 1.81. The van der Waals surface area contributed by atoms with Gasteiger partial charge < -0.3 is 13.8 Å². The number of benzene rings is 1. The van der Waals surface area contributed by atoms with Crippen molar-refractivity contribution >= 4 is 7.60 Å². The molecule has 0 saturated carbocycles. The fraction of sp³-hybridized carbons (Fsp3) is 0.538. The minimum absolute atomic E-state index is 0.108. The minimum Gasteiger partial charge on any atom is -0.496 e. The first-order valence-corrected chi connectivity index (χ1v) is 8.10. The van der Waals surface area contributed by atoms with E-state index >= 15 is 0 Å². The number of halogens is 3. The maximum absolute atomic E-state index is 12.8. The van der Waals surface area contributed by atoms with Gasteiger partial charge >= 0.3 is 13.8 Å². The first kappa shape index (κ1) is 18.0. The molecule has 0 fully saturated rings. The fourth-order valence-corrected chi connectivity index (χ4v) is 3.50. The number of alkyl halides is 3. The van der Waals surface area contributed by atoms with E-state index in [1.54, 1.807) is 13.8 Å². The molecule has 8 heteroatoms. The summed E-state index contributed by atoms with van der Waals surface area (Å²) in [4.78, 5) is 0. The Kier molecular flexibility index (Phi) is 6.25. The van der Waals surface area contributed by atoms with Gasteiger partial charge in [0.15, 0.2) is 0 Å². The lowest BCUT2D eigenvalue weighted by molar-refractivity contribution is -0.138. The summed E-state index contributed by atoms with van der Waals surface area (Å²) in [7, 11) is -2.21. The molecule has 1 aromatic rings. The van der Waals surface area contributed by atoms with E-state index in [0.717, 1.165) is 13.2 Å². The second-order valence-electron chi connectivity index (χ2n) is 4.14. The molecule has 0 spiro atoms. The third-order valence-corrected chi connectivity index (χ3v) is 4.65. The summed E-state index contributed by atoms with van der Waals surface area (Å²) in [6.45, 7) is 3.71. The third-order valence-electron chi connectivity index (χ3n) is 2.60. The molecule has 4 nitrogen and oxygen atoms in total. The molecule has 0 radical (unpaired) electrons. The Morgan fingerprint density at radius 3 is 2.14 bits per heavy atom. The highest BCUT2D eigenvalue weighted by Crippen LogP contribution is 2.51. The van der Waals surface area contributed by atoms with Crippen molar-refractivity contribution in [2.24, 2.45) is 0 Å². The highest BCUT2D eigenvalue weighted by atomic mass is 31.2. The third kappa shape index (κ3) is 5.02. The van der Waals surface area contributed by atoms with Gasteiger partial charge in [0, 0.05) is 0 Å². The van der Waals surface area contributed by atoms with Gasteiger partial charge in [-0.25, -0.2) is 0 Å². The van der Waals surface area contributed by atoms with Crippen molar-refractivity contribution in [1.29, 1.82) is 0 Å². The van der Waals surface area contributed by atoms with Gasteiger partial charge in [0.1, 0.15) is 5.75 Å². The monoisotopic (exact) mass is 326 g/mol. The average molecular weight is 326 g/mol. The van der Waals surface area contributed by atoms with Crippen molar-refractivity contribution in [1.82, 2.24) is 0 Å². The van der Waals surface area contributed by atoms with E-state index in [1.165, 1.54) is 12.1 Å². The molecule has 0 atom stereocenters. The molecule has 0 aromatic heterocycles. The van der Waals surface area contributed by atoms with Gasteiger partial charge in [-0.3, -0.25) is 4.57 Å². The number of rotatable bonds is 7. The molecule has 0 aliphatic heterocycles. The van der Waals surface area contributed by atoms with Crippen LogP contribution in [0.5, 0.6) is 5.75 Å². The number of methoxy groups -OCH3 is 1. The van der Waals surface area contributed by atoms with Crippen LogP contribution < -0.4 is 4.74 Å². The molecule has 0 amide bonds. The number of hydrogen-bond acceptors (Lipinski definition) is 4. The second-order valence-corrected chi connectivity index (χ2v) is 6.19. The maximum atomic E-state index is 12.8. The Morgan fingerprint density at radius 1 is 1.14 bits per heavy atom. The zero-order chi connectivity index (χ0) is 16.1. The normalized spacial score (nSPS) is 12.5. The molecule has 1 aromatic carbocycles. The maximum Gasteiger partial charge on any atom is 0.419 e. The zero-order valence-corrected chi connectivity index (χ0v) is 13.0. The molecule has 0 N–H and O–H groups in total. The molecule has 0 saturated heterocycles. The van der Waals surface area contributed by atoms with E-state index in [9.17, 15) is 17.7 Å². The van der Waals surface area contributed by atoms with Crippen LogP contribution in [0, 0.1) is 0 Å². The Morgan fingerprint density at radius 2 is 1.71 bits per heavy atom. The van der Waals surface area contributed by atoms with E-state index in [-0.39, 0.29) is 25.1 Å².